The molecule has 4 rings (SSSR count). The lowest BCUT2D eigenvalue weighted by Gasteiger charge is -2.07. The predicted octanol–water partition coefficient (Wildman–Crippen LogP) is 3.56. The SMILES string of the molecule is N#Cc1c(N)nc2sc(C(=O)NCCc3ccccc3)c(N)c2c1-c1ccco1. The number of amides is 1. The molecule has 0 aliphatic carbocycles. The van der Waals surface area contributed by atoms with Crippen molar-refractivity contribution in [3.63, 3.8) is 0 Å². The van der Waals surface area contributed by atoms with Crippen LogP contribution in [0.4, 0.5) is 11.5 Å². The van der Waals surface area contributed by atoms with Crippen molar-refractivity contribution in [2.24, 2.45) is 0 Å². The Bertz CT molecular complexity index is 1220. The van der Waals surface area contributed by atoms with Crippen LogP contribution in [0.2, 0.25) is 0 Å². The summed E-state index contributed by atoms with van der Waals surface area (Å²) >= 11 is 1.14. The Hall–Kier alpha value is -3.83. The third-order valence-corrected chi connectivity index (χ3v) is 5.63. The van der Waals surface area contributed by atoms with Crippen molar-refractivity contribution >= 4 is 39.0 Å². The zero-order valence-corrected chi connectivity index (χ0v) is 16.1. The summed E-state index contributed by atoms with van der Waals surface area (Å²) in [5.41, 5.74) is 14.3. The van der Waals surface area contributed by atoms with Crippen molar-refractivity contribution in [3.8, 4) is 17.4 Å². The topological polar surface area (TPSA) is 131 Å². The Morgan fingerprint density at radius 1 is 1.21 bits per heavy atom. The van der Waals surface area contributed by atoms with Crippen LogP contribution in [-0.2, 0) is 6.42 Å². The first-order chi connectivity index (χ1) is 14.1. The zero-order chi connectivity index (χ0) is 20.4. The lowest BCUT2D eigenvalue weighted by Crippen LogP contribution is -2.25. The molecule has 3 aromatic heterocycles. The number of nitrogens with one attached hydrogen (secondary N) is 1. The van der Waals surface area contributed by atoms with Gasteiger partial charge in [0.05, 0.1) is 17.5 Å². The molecule has 0 atom stereocenters. The molecule has 29 heavy (non-hydrogen) atoms. The highest BCUT2D eigenvalue weighted by Gasteiger charge is 2.25. The molecule has 7 nitrogen and oxygen atoms in total. The van der Waals surface area contributed by atoms with Crippen molar-refractivity contribution in [3.05, 3.63) is 64.7 Å². The number of nitrogens with zero attached hydrogens (tertiary/aromatic N) is 2. The van der Waals surface area contributed by atoms with E-state index in [1.807, 2.05) is 30.3 Å². The smallest absolute Gasteiger partial charge is 0.263 e. The van der Waals surface area contributed by atoms with Gasteiger partial charge in [0.1, 0.15) is 32.9 Å². The number of benzene rings is 1. The molecule has 0 bridgehead atoms. The van der Waals surface area contributed by atoms with E-state index in [4.69, 9.17) is 15.9 Å². The Balaban J connectivity index is 1.70. The summed E-state index contributed by atoms with van der Waals surface area (Å²) in [5.74, 6) is 0.230. The van der Waals surface area contributed by atoms with Gasteiger partial charge in [-0.25, -0.2) is 4.98 Å². The number of anilines is 2. The number of hydrogen-bond donors (Lipinski definition) is 3. The molecule has 8 heteroatoms. The number of fused-ring (bicyclic) bond motifs is 1. The minimum absolute atomic E-state index is 0.0729. The van der Waals surface area contributed by atoms with E-state index in [0.29, 0.717) is 39.4 Å². The predicted molar refractivity (Wildman–Crippen MR) is 113 cm³/mol. The van der Waals surface area contributed by atoms with Crippen LogP contribution in [0.1, 0.15) is 20.8 Å². The van der Waals surface area contributed by atoms with Gasteiger partial charge >= 0.3 is 0 Å². The van der Waals surface area contributed by atoms with Crippen LogP contribution in [0.15, 0.2) is 53.1 Å². The third kappa shape index (κ3) is 3.39. The lowest BCUT2D eigenvalue weighted by molar-refractivity contribution is 0.0959. The average Bonchev–Trinajstić information content (AvgIpc) is 3.36. The number of nitrogen functional groups attached to an aromatic ring is 2. The fourth-order valence-corrected chi connectivity index (χ4v) is 4.19. The highest BCUT2D eigenvalue weighted by Crippen LogP contribution is 2.42. The van der Waals surface area contributed by atoms with Crippen LogP contribution in [0, 0.1) is 11.3 Å². The van der Waals surface area contributed by atoms with Gasteiger partial charge in [0.2, 0.25) is 0 Å². The molecular formula is C21H17N5O2S. The van der Waals surface area contributed by atoms with E-state index in [1.165, 1.54) is 6.26 Å². The van der Waals surface area contributed by atoms with Gasteiger partial charge in [-0.15, -0.1) is 11.3 Å². The molecule has 0 unspecified atom stereocenters. The molecule has 5 N–H and O–H groups in total. The van der Waals surface area contributed by atoms with Crippen molar-refractivity contribution < 1.29 is 9.21 Å². The van der Waals surface area contributed by atoms with E-state index >= 15 is 0 Å². The number of aromatic nitrogens is 1. The van der Waals surface area contributed by atoms with Crippen LogP contribution < -0.4 is 16.8 Å². The minimum atomic E-state index is -0.288. The van der Waals surface area contributed by atoms with Gasteiger partial charge in [0, 0.05) is 11.9 Å². The number of hydrogen-bond acceptors (Lipinski definition) is 7. The summed E-state index contributed by atoms with van der Waals surface area (Å²) in [6, 6.07) is 15.4. The normalized spacial score (nSPS) is 10.7. The highest BCUT2D eigenvalue weighted by atomic mass is 32.1. The summed E-state index contributed by atoms with van der Waals surface area (Å²) in [4.78, 5) is 17.8. The van der Waals surface area contributed by atoms with E-state index in [2.05, 4.69) is 16.4 Å². The van der Waals surface area contributed by atoms with E-state index in [0.717, 1.165) is 16.9 Å². The molecule has 0 aliphatic rings. The number of nitriles is 1. The van der Waals surface area contributed by atoms with Crippen LogP contribution in [0.25, 0.3) is 21.5 Å². The minimum Gasteiger partial charge on any atom is -0.464 e. The molecule has 0 aliphatic heterocycles. The van der Waals surface area contributed by atoms with Crippen LogP contribution >= 0.6 is 11.3 Å². The van der Waals surface area contributed by atoms with Gasteiger partial charge in [0.25, 0.3) is 5.91 Å². The first kappa shape index (κ1) is 18.5. The summed E-state index contributed by atoms with van der Waals surface area (Å²) in [6.07, 6.45) is 2.21. The third-order valence-electron chi connectivity index (χ3n) is 4.53. The van der Waals surface area contributed by atoms with Crippen molar-refractivity contribution in [1.29, 1.82) is 5.26 Å². The molecule has 1 amide bonds. The second-order valence-electron chi connectivity index (χ2n) is 6.35. The standard InChI is InChI=1S/C21H17N5O2S/c22-11-13-15(14-7-4-10-28-14)16-17(23)18(29-21(16)26-19(13)24)20(27)25-9-8-12-5-2-1-3-6-12/h1-7,10H,8-9,23H2,(H2,24,26)(H,25,27). The summed E-state index contributed by atoms with van der Waals surface area (Å²) in [7, 11) is 0. The fraction of sp³-hybridized carbons (Fsp3) is 0.0952. The summed E-state index contributed by atoms with van der Waals surface area (Å²) in [6.45, 7) is 0.473. The van der Waals surface area contributed by atoms with Gasteiger partial charge in [-0.1, -0.05) is 30.3 Å². The van der Waals surface area contributed by atoms with Gasteiger partial charge in [-0.2, -0.15) is 5.26 Å². The van der Waals surface area contributed by atoms with Crippen molar-refractivity contribution in [2.45, 2.75) is 6.42 Å². The molecule has 144 valence electrons. The molecule has 1 aromatic carbocycles. The number of carbonyl (C=O) groups excluding carboxylic acids is 1. The van der Waals surface area contributed by atoms with Gasteiger partial charge in [0.15, 0.2) is 0 Å². The van der Waals surface area contributed by atoms with Gasteiger partial charge < -0.3 is 21.2 Å². The summed E-state index contributed by atoms with van der Waals surface area (Å²) in [5, 5.41) is 13.0. The number of furan rings is 1. The van der Waals surface area contributed by atoms with E-state index in [1.54, 1.807) is 12.1 Å². The molecule has 3 heterocycles. The molecule has 0 saturated carbocycles. The molecule has 0 fully saturated rings. The van der Waals surface area contributed by atoms with Crippen LogP contribution in [-0.4, -0.2) is 17.4 Å². The largest absolute Gasteiger partial charge is 0.464 e. The molecule has 0 saturated heterocycles. The number of rotatable bonds is 5. The molecular weight excluding hydrogens is 386 g/mol. The maximum absolute atomic E-state index is 12.7. The van der Waals surface area contributed by atoms with E-state index in [9.17, 15) is 10.1 Å². The maximum atomic E-state index is 12.7. The number of nitrogens with two attached hydrogens (primary N) is 2. The second kappa shape index (κ2) is 7.66. The van der Waals surface area contributed by atoms with E-state index < -0.39 is 0 Å². The Labute approximate surface area is 170 Å². The number of carbonyl (C=O) groups is 1. The number of pyridine rings is 1. The number of thiophene rings is 1. The highest BCUT2D eigenvalue weighted by molar-refractivity contribution is 7.21. The average molecular weight is 403 g/mol. The van der Waals surface area contributed by atoms with Crippen molar-refractivity contribution in [2.75, 3.05) is 18.0 Å². The lowest BCUT2D eigenvalue weighted by atomic mass is 10.0. The quantitative estimate of drug-likeness (QED) is 0.467. The monoisotopic (exact) mass is 403 g/mol. The van der Waals surface area contributed by atoms with Gasteiger partial charge in [-0.3, -0.25) is 4.79 Å². The second-order valence-corrected chi connectivity index (χ2v) is 7.35. The zero-order valence-electron chi connectivity index (χ0n) is 15.3. The fourth-order valence-electron chi connectivity index (χ4n) is 3.16. The van der Waals surface area contributed by atoms with Crippen LogP contribution in [0.5, 0.6) is 0 Å². The van der Waals surface area contributed by atoms with Crippen LogP contribution in [0.3, 0.4) is 0 Å². The van der Waals surface area contributed by atoms with Gasteiger partial charge in [-0.05, 0) is 24.1 Å². The molecule has 0 radical (unpaired) electrons. The first-order valence-corrected chi connectivity index (χ1v) is 9.69. The van der Waals surface area contributed by atoms with E-state index in [-0.39, 0.29) is 23.0 Å². The van der Waals surface area contributed by atoms with Crippen molar-refractivity contribution in [1.82, 2.24) is 10.3 Å². The molecule has 0 spiro atoms. The maximum Gasteiger partial charge on any atom is 0.263 e. The first-order valence-electron chi connectivity index (χ1n) is 8.87. The molecule has 4 aromatic rings. The summed E-state index contributed by atoms with van der Waals surface area (Å²) < 4.78 is 5.48. The Morgan fingerprint density at radius 3 is 2.69 bits per heavy atom. The Kier molecular flexibility index (Phi) is 4.89. The Morgan fingerprint density at radius 2 is 2.00 bits per heavy atom.